The topological polar surface area (TPSA) is 70.4 Å². The van der Waals surface area contributed by atoms with E-state index in [0.29, 0.717) is 6.42 Å². The summed E-state index contributed by atoms with van der Waals surface area (Å²) in [5.74, 6) is -0.290. The van der Waals surface area contributed by atoms with E-state index >= 15 is 0 Å². The third-order valence-corrected chi connectivity index (χ3v) is 7.82. The van der Waals surface area contributed by atoms with Gasteiger partial charge in [-0.25, -0.2) is 4.39 Å². The van der Waals surface area contributed by atoms with Crippen LogP contribution < -0.4 is 16.4 Å². The number of nitrogens with one attached hydrogen (secondary N) is 2. The van der Waals surface area contributed by atoms with Crippen LogP contribution in [0.25, 0.3) is 0 Å². The Hall–Kier alpha value is -3.22. The van der Waals surface area contributed by atoms with Crippen molar-refractivity contribution in [3.05, 3.63) is 98.9 Å². The van der Waals surface area contributed by atoms with Crippen LogP contribution in [0.15, 0.2) is 48.5 Å². The Morgan fingerprint density at radius 2 is 1.89 bits per heavy atom. The van der Waals surface area contributed by atoms with Gasteiger partial charge in [-0.1, -0.05) is 35.9 Å². The number of carbonyl (C=O) groups is 1. The summed E-state index contributed by atoms with van der Waals surface area (Å²) in [5.41, 5.74) is 16.8. The van der Waals surface area contributed by atoms with E-state index in [0.717, 1.165) is 61.4 Å². The van der Waals surface area contributed by atoms with Crippen molar-refractivity contribution in [1.29, 1.82) is 0 Å². The fourth-order valence-electron chi connectivity index (χ4n) is 5.92. The Kier molecular flexibility index (Phi) is 7.31. The summed E-state index contributed by atoms with van der Waals surface area (Å²) in [7, 11) is 0. The molecule has 3 aromatic rings. The highest BCUT2D eigenvalue weighted by Crippen LogP contribution is 2.32. The van der Waals surface area contributed by atoms with Crippen LogP contribution in [0.1, 0.15) is 57.0 Å². The molecule has 3 aromatic carbocycles. The fraction of sp³-hybridized carbons (Fsp3) is 0.387. The van der Waals surface area contributed by atoms with E-state index in [9.17, 15) is 9.18 Å². The smallest absolute Gasteiger partial charge is 0.237 e. The molecule has 2 unspecified atom stereocenters. The van der Waals surface area contributed by atoms with Crippen LogP contribution >= 0.6 is 0 Å². The third kappa shape index (κ3) is 5.71. The Labute approximate surface area is 219 Å². The van der Waals surface area contributed by atoms with Crippen molar-refractivity contribution in [2.24, 2.45) is 5.73 Å². The van der Waals surface area contributed by atoms with Crippen LogP contribution in [-0.4, -0.2) is 29.9 Å². The standard InChI is InChI=1S/C31H37FN4O/c1-19-12-20(2)26(21(3)13-19)16-28(33)31(37)35-30-8-10-34-29-7-4-22(14-27(29)30)17-36-11-9-23-5-6-25(32)15-24(23)18-36/h4-7,12-15,28,30,34H,8-11,16-18,33H2,1-3H3,(H,35,37). The average molecular weight is 501 g/mol. The molecule has 194 valence electrons. The van der Waals surface area contributed by atoms with Gasteiger partial charge in [0.15, 0.2) is 0 Å². The number of hydrogen-bond donors (Lipinski definition) is 3. The lowest BCUT2D eigenvalue weighted by atomic mass is 9.93. The van der Waals surface area contributed by atoms with Crippen LogP contribution in [-0.2, 0) is 30.7 Å². The minimum absolute atomic E-state index is 0.0776. The summed E-state index contributed by atoms with van der Waals surface area (Å²) in [6.45, 7) is 9.54. The van der Waals surface area contributed by atoms with Crippen LogP contribution in [0.5, 0.6) is 0 Å². The molecule has 0 saturated heterocycles. The first-order valence-corrected chi connectivity index (χ1v) is 13.3. The minimum atomic E-state index is -0.601. The van der Waals surface area contributed by atoms with Gasteiger partial charge in [0.1, 0.15) is 5.82 Å². The second-order valence-corrected chi connectivity index (χ2v) is 10.8. The molecule has 0 aliphatic carbocycles. The zero-order chi connectivity index (χ0) is 26.1. The summed E-state index contributed by atoms with van der Waals surface area (Å²) < 4.78 is 13.7. The lowest BCUT2D eigenvalue weighted by Crippen LogP contribution is -2.44. The number of benzene rings is 3. The highest BCUT2D eigenvalue weighted by Gasteiger charge is 2.26. The van der Waals surface area contributed by atoms with Gasteiger partial charge >= 0.3 is 0 Å². The quantitative estimate of drug-likeness (QED) is 0.453. The second-order valence-electron chi connectivity index (χ2n) is 10.8. The maximum Gasteiger partial charge on any atom is 0.237 e. The summed E-state index contributed by atoms with van der Waals surface area (Å²) >= 11 is 0. The summed E-state index contributed by atoms with van der Waals surface area (Å²) in [5, 5.41) is 6.70. The van der Waals surface area contributed by atoms with Gasteiger partial charge in [-0.2, -0.15) is 0 Å². The van der Waals surface area contributed by atoms with Crippen LogP contribution in [0.2, 0.25) is 0 Å². The molecule has 0 aromatic heterocycles. The number of nitrogens with two attached hydrogens (primary N) is 1. The highest BCUT2D eigenvalue weighted by atomic mass is 19.1. The number of halogens is 1. The Bertz CT molecular complexity index is 1300. The molecule has 37 heavy (non-hydrogen) atoms. The largest absolute Gasteiger partial charge is 0.385 e. The highest BCUT2D eigenvalue weighted by molar-refractivity contribution is 5.82. The SMILES string of the molecule is Cc1cc(C)c(CC(N)C(=O)NC2CCNc3ccc(CN4CCc5ccc(F)cc5C4)cc32)c(C)c1. The molecular formula is C31H37FN4O. The minimum Gasteiger partial charge on any atom is -0.385 e. The molecule has 1 amide bonds. The molecule has 2 aliphatic heterocycles. The molecule has 0 bridgehead atoms. The van der Waals surface area contributed by atoms with E-state index in [1.54, 1.807) is 12.1 Å². The van der Waals surface area contributed by atoms with E-state index in [1.807, 2.05) is 6.07 Å². The molecule has 2 heterocycles. The average Bonchev–Trinajstić information content (AvgIpc) is 2.86. The molecule has 2 aliphatic rings. The number of nitrogens with zero attached hydrogens (tertiary/aromatic N) is 1. The molecule has 5 nitrogen and oxygen atoms in total. The van der Waals surface area contributed by atoms with Crippen LogP contribution in [0.4, 0.5) is 10.1 Å². The van der Waals surface area contributed by atoms with Crippen molar-refractivity contribution in [3.8, 4) is 0 Å². The van der Waals surface area contributed by atoms with Crippen molar-refractivity contribution in [1.82, 2.24) is 10.2 Å². The normalized spacial score (nSPS) is 17.9. The first-order chi connectivity index (χ1) is 17.8. The van der Waals surface area contributed by atoms with Crippen LogP contribution in [0.3, 0.4) is 0 Å². The lowest BCUT2D eigenvalue weighted by molar-refractivity contribution is -0.123. The van der Waals surface area contributed by atoms with Gasteiger partial charge in [0.05, 0.1) is 12.1 Å². The van der Waals surface area contributed by atoms with E-state index in [-0.39, 0.29) is 17.8 Å². The van der Waals surface area contributed by atoms with Gasteiger partial charge in [-0.3, -0.25) is 9.69 Å². The molecule has 0 radical (unpaired) electrons. The van der Waals surface area contributed by atoms with E-state index in [4.69, 9.17) is 5.73 Å². The molecule has 0 saturated carbocycles. The fourth-order valence-corrected chi connectivity index (χ4v) is 5.92. The maximum absolute atomic E-state index is 13.7. The first-order valence-electron chi connectivity index (χ1n) is 13.3. The number of carbonyl (C=O) groups excluding carboxylic acids is 1. The monoisotopic (exact) mass is 500 g/mol. The number of amides is 1. The van der Waals surface area contributed by atoms with E-state index in [2.05, 4.69) is 66.6 Å². The molecule has 0 spiro atoms. The van der Waals surface area contributed by atoms with Crippen molar-refractivity contribution in [2.75, 3.05) is 18.4 Å². The van der Waals surface area contributed by atoms with Gasteiger partial charge in [-0.05, 0) is 97.2 Å². The zero-order valence-corrected chi connectivity index (χ0v) is 22.0. The van der Waals surface area contributed by atoms with Gasteiger partial charge in [-0.15, -0.1) is 0 Å². The molecule has 6 heteroatoms. The Balaban J connectivity index is 1.27. The van der Waals surface area contributed by atoms with Gasteiger partial charge in [0.2, 0.25) is 5.91 Å². The second kappa shape index (κ2) is 10.6. The van der Waals surface area contributed by atoms with Gasteiger partial charge in [0, 0.05) is 31.9 Å². The first kappa shape index (κ1) is 25.4. The predicted molar refractivity (Wildman–Crippen MR) is 147 cm³/mol. The summed E-state index contributed by atoms with van der Waals surface area (Å²) in [6, 6.07) is 15.2. The number of anilines is 1. The third-order valence-electron chi connectivity index (χ3n) is 7.82. The Morgan fingerprint density at radius 3 is 2.68 bits per heavy atom. The molecule has 4 N–H and O–H groups in total. The molecule has 0 fully saturated rings. The molecule has 5 rings (SSSR count). The van der Waals surface area contributed by atoms with E-state index in [1.165, 1.54) is 27.8 Å². The number of rotatable bonds is 6. The number of aryl methyl sites for hydroxylation is 3. The van der Waals surface area contributed by atoms with E-state index < -0.39 is 6.04 Å². The van der Waals surface area contributed by atoms with Crippen molar-refractivity contribution in [2.45, 2.75) is 65.2 Å². The van der Waals surface area contributed by atoms with Crippen molar-refractivity contribution < 1.29 is 9.18 Å². The Morgan fingerprint density at radius 1 is 1.11 bits per heavy atom. The van der Waals surface area contributed by atoms with Gasteiger partial charge < -0.3 is 16.4 Å². The predicted octanol–water partition coefficient (Wildman–Crippen LogP) is 4.85. The molecular weight excluding hydrogens is 463 g/mol. The van der Waals surface area contributed by atoms with Crippen LogP contribution in [0, 0.1) is 26.6 Å². The number of hydrogen-bond acceptors (Lipinski definition) is 4. The van der Waals surface area contributed by atoms with Gasteiger partial charge in [0.25, 0.3) is 0 Å². The number of fused-ring (bicyclic) bond motifs is 2. The zero-order valence-electron chi connectivity index (χ0n) is 22.0. The summed E-state index contributed by atoms with van der Waals surface area (Å²) in [6.07, 6.45) is 2.27. The lowest BCUT2D eigenvalue weighted by Gasteiger charge is -2.31. The summed E-state index contributed by atoms with van der Waals surface area (Å²) in [4.78, 5) is 15.5. The maximum atomic E-state index is 13.7. The molecule has 2 atom stereocenters. The van der Waals surface area contributed by atoms with Crippen molar-refractivity contribution in [3.63, 3.8) is 0 Å². The van der Waals surface area contributed by atoms with Crippen molar-refractivity contribution >= 4 is 11.6 Å².